The molecule has 0 aliphatic carbocycles. The van der Waals surface area contributed by atoms with Crippen LogP contribution in [-0.4, -0.2) is 28.5 Å². The quantitative estimate of drug-likeness (QED) is 0.372. The van der Waals surface area contributed by atoms with Crippen molar-refractivity contribution < 1.29 is 19.4 Å². The average Bonchev–Trinajstić information content (AvgIpc) is 2.60. The number of benzene rings is 2. The summed E-state index contributed by atoms with van der Waals surface area (Å²) in [6, 6.07) is 7.07. The van der Waals surface area contributed by atoms with E-state index < -0.39 is 33.3 Å². The number of rotatable bonds is 7. The minimum atomic E-state index is -0.779. The number of nitrogens with one attached hydrogen (secondary N) is 2. The molecule has 0 heterocycles. The van der Waals surface area contributed by atoms with Crippen LogP contribution in [0.5, 0.6) is 5.75 Å². The number of hydrogen-bond donors (Lipinski definition) is 3. The lowest BCUT2D eigenvalue weighted by Crippen LogP contribution is -2.39. The fourth-order valence-electron chi connectivity index (χ4n) is 2.39. The lowest BCUT2D eigenvalue weighted by molar-refractivity contribution is -0.394. The van der Waals surface area contributed by atoms with Gasteiger partial charge in [-0.1, -0.05) is 12.1 Å². The third kappa shape index (κ3) is 5.30. The fraction of sp³-hybridized carbons (Fsp3) is 0.235. The fourth-order valence-corrected chi connectivity index (χ4v) is 2.39. The standard InChI is InChI=1S/C17H19N5O6/c1-10-4-3-5-15(18)16(10)28-9-11(2)19-17(23)20-12-6-13(21(24)25)8-14(7-12)22(26)27/h3-8,11H,9,18H2,1-2H3,(H2,19,20,23). The maximum Gasteiger partial charge on any atom is 0.319 e. The normalized spacial score (nSPS) is 11.4. The first-order chi connectivity index (χ1) is 13.2. The largest absolute Gasteiger partial charge is 0.489 e. The molecule has 11 nitrogen and oxygen atoms in total. The summed E-state index contributed by atoms with van der Waals surface area (Å²) >= 11 is 0. The van der Waals surface area contributed by atoms with E-state index in [4.69, 9.17) is 10.5 Å². The number of non-ortho nitro benzene ring substituents is 2. The van der Waals surface area contributed by atoms with E-state index in [1.165, 1.54) is 0 Å². The van der Waals surface area contributed by atoms with Gasteiger partial charge in [-0.2, -0.15) is 0 Å². The van der Waals surface area contributed by atoms with Crippen molar-refractivity contribution in [2.24, 2.45) is 0 Å². The number of aryl methyl sites for hydroxylation is 1. The van der Waals surface area contributed by atoms with Crippen molar-refractivity contribution in [3.8, 4) is 5.75 Å². The molecule has 0 saturated heterocycles. The Morgan fingerprint density at radius 3 is 2.32 bits per heavy atom. The summed E-state index contributed by atoms with van der Waals surface area (Å²) in [4.78, 5) is 32.3. The van der Waals surface area contributed by atoms with Crippen LogP contribution in [0, 0.1) is 27.2 Å². The molecular formula is C17H19N5O6. The summed E-state index contributed by atoms with van der Waals surface area (Å²) in [5.74, 6) is 0.519. The van der Waals surface area contributed by atoms with E-state index in [9.17, 15) is 25.0 Å². The van der Waals surface area contributed by atoms with Crippen molar-refractivity contribution in [2.75, 3.05) is 17.7 Å². The number of nitrogen functional groups attached to an aromatic ring is 1. The number of nitrogens with two attached hydrogens (primary N) is 1. The van der Waals surface area contributed by atoms with Gasteiger partial charge in [-0.3, -0.25) is 20.2 Å². The molecule has 4 N–H and O–H groups in total. The summed E-state index contributed by atoms with van der Waals surface area (Å²) in [6.07, 6.45) is 0. The molecule has 2 rings (SSSR count). The van der Waals surface area contributed by atoms with Crippen molar-refractivity contribution in [1.82, 2.24) is 5.32 Å². The highest BCUT2D eigenvalue weighted by Gasteiger charge is 2.18. The van der Waals surface area contributed by atoms with Crippen LogP contribution in [0.2, 0.25) is 0 Å². The van der Waals surface area contributed by atoms with E-state index in [0.29, 0.717) is 11.4 Å². The lowest BCUT2D eigenvalue weighted by Gasteiger charge is -2.17. The Morgan fingerprint density at radius 2 is 1.79 bits per heavy atom. The molecule has 2 aromatic carbocycles. The second kappa shape index (κ2) is 8.66. The van der Waals surface area contributed by atoms with Crippen LogP contribution in [0.1, 0.15) is 12.5 Å². The first-order valence-corrected chi connectivity index (χ1v) is 8.16. The first kappa shape index (κ1) is 20.4. The number of urea groups is 1. The second-order valence-electron chi connectivity index (χ2n) is 6.06. The zero-order valence-corrected chi connectivity index (χ0v) is 15.2. The predicted molar refractivity (Wildman–Crippen MR) is 102 cm³/mol. The van der Waals surface area contributed by atoms with Gasteiger partial charge in [0.1, 0.15) is 12.4 Å². The summed E-state index contributed by atoms with van der Waals surface area (Å²) in [6.45, 7) is 3.65. The number of ether oxygens (including phenoxy) is 1. The van der Waals surface area contributed by atoms with Crippen LogP contribution in [0.4, 0.5) is 27.5 Å². The van der Waals surface area contributed by atoms with Crippen molar-refractivity contribution in [3.05, 3.63) is 62.2 Å². The number of nitro groups is 2. The van der Waals surface area contributed by atoms with Crippen LogP contribution >= 0.6 is 0 Å². The van der Waals surface area contributed by atoms with Crippen LogP contribution in [0.25, 0.3) is 0 Å². The Balaban J connectivity index is 1.99. The van der Waals surface area contributed by atoms with Crippen LogP contribution < -0.4 is 21.1 Å². The summed E-state index contributed by atoms with van der Waals surface area (Å²) in [5.41, 5.74) is 6.09. The smallest absolute Gasteiger partial charge is 0.319 e. The van der Waals surface area contributed by atoms with Gasteiger partial charge in [0.2, 0.25) is 0 Å². The molecule has 0 aliphatic heterocycles. The zero-order chi connectivity index (χ0) is 20.8. The Hall–Kier alpha value is -3.89. The van der Waals surface area contributed by atoms with Gasteiger partial charge < -0.3 is 21.1 Å². The molecule has 0 spiro atoms. The number of hydrogen-bond acceptors (Lipinski definition) is 7. The molecule has 0 aromatic heterocycles. The Kier molecular flexibility index (Phi) is 6.32. The van der Waals surface area contributed by atoms with Gasteiger partial charge in [-0.25, -0.2) is 4.79 Å². The molecule has 0 radical (unpaired) electrons. The number of nitro benzene ring substituents is 2. The van der Waals surface area contributed by atoms with E-state index in [2.05, 4.69) is 10.6 Å². The minimum absolute atomic E-state index is 0.0744. The van der Waals surface area contributed by atoms with E-state index >= 15 is 0 Å². The van der Waals surface area contributed by atoms with E-state index in [-0.39, 0.29) is 12.3 Å². The number of carbonyl (C=O) groups is 1. The molecule has 2 aromatic rings. The van der Waals surface area contributed by atoms with Crippen LogP contribution in [0.15, 0.2) is 36.4 Å². The highest BCUT2D eigenvalue weighted by molar-refractivity contribution is 5.90. The van der Waals surface area contributed by atoms with Gasteiger partial charge in [-0.05, 0) is 25.5 Å². The molecule has 0 fully saturated rings. The third-order valence-corrected chi connectivity index (χ3v) is 3.68. The average molecular weight is 389 g/mol. The molecule has 0 saturated carbocycles. The van der Waals surface area contributed by atoms with Crippen molar-refractivity contribution >= 4 is 28.8 Å². The lowest BCUT2D eigenvalue weighted by atomic mass is 10.2. The van der Waals surface area contributed by atoms with E-state index in [1.807, 2.05) is 13.0 Å². The SMILES string of the molecule is Cc1cccc(N)c1OCC(C)NC(=O)Nc1cc([N+](=O)[O-])cc([N+](=O)[O-])c1. The molecule has 1 atom stereocenters. The predicted octanol–water partition coefficient (Wildman–Crippen LogP) is 2.98. The molecule has 148 valence electrons. The molecule has 1 unspecified atom stereocenters. The topological polar surface area (TPSA) is 163 Å². The number of para-hydroxylation sites is 1. The van der Waals surface area contributed by atoms with Crippen molar-refractivity contribution in [1.29, 1.82) is 0 Å². The van der Waals surface area contributed by atoms with Gasteiger partial charge in [-0.15, -0.1) is 0 Å². The van der Waals surface area contributed by atoms with Gasteiger partial charge in [0.05, 0.1) is 33.3 Å². The molecule has 11 heteroatoms. The molecular weight excluding hydrogens is 370 g/mol. The summed E-state index contributed by atoms with van der Waals surface area (Å²) < 4.78 is 5.64. The maximum atomic E-state index is 12.1. The van der Waals surface area contributed by atoms with Gasteiger partial charge in [0.15, 0.2) is 0 Å². The molecule has 0 aliphatic rings. The van der Waals surface area contributed by atoms with E-state index in [0.717, 1.165) is 23.8 Å². The molecule has 28 heavy (non-hydrogen) atoms. The molecule has 0 bridgehead atoms. The number of anilines is 2. The number of nitrogens with zero attached hydrogens (tertiary/aromatic N) is 2. The van der Waals surface area contributed by atoms with Crippen LogP contribution in [0.3, 0.4) is 0 Å². The number of carbonyl (C=O) groups excluding carboxylic acids is 1. The molecule has 2 amide bonds. The summed E-state index contributed by atoms with van der Waals surface area (Å²) in [7, 11) is 0. The van der Waals surface area contributed by atoms with Gasteiger partial charge in [0, 0.05) is 12.1 Å². The van der Waals surface area contributed by atoms with Gasteiger partial charge in [0.25, 0.3) is 11.4 Å². The third-order valence-electron chi connectivity index (χ3n) is 3.68. The maximum absolute atomic E-state index is 12.1. The Bertz CT molecular complexity index is 864. The van der Waals surface area contributed by atoms with Crippen molar-refractivity contribution in [2.45, 2.75) is 19.9 Å². The minimum Gasteiger partial charge on any atom is -0.489 e. The number of amides is 2. The van der Waals surface area contributed by atoms with E-state index in [1.54, 1.807) is 19.1 Å². The highest BCUT2D eigenvalue weighted by atomic mass is 16.6. The zero-order valence-electron chi connectivity index (χ0n) is 15.2. The Labute approximate surface area is 159 Å². The summed E-state index contributed by atoms with van der Waals surface area (Å²) in [5, 5.41) is 26.7. The first-order valence-electron chi connectivity index (χ1n) is 8.16. The van der Waals surface area contributed by atoms with Gasteiger partial charge >= 0.3 is 6.03 Å². The van der Waals surface area contributed by atoms with Crippen molar-refractivity contribution in [3.63, 3.8) is 0 Å². The highest BCUT2D eigenvalue weighted by Crippen LogP contribution is 2.26. The Morgan fingerprint density at radius 1 is 1.18 bits per heavy atom. The monoisotopic (exact) mass is 389 g/mol. The second-order valence-corrected chi connectivity index (χ2v) is 6.06. The van der Waals surface area contributed by atoms with Crippen LogP contribution in [-0.2, 0) is 0 Å².